The molecule has 0 saturated carbocycles. The SMILES string of the molecule is CCOC(=O)C=C1Sc2cc(Br)ccc2N1C. The molecule has 90 valence electrons. The molecule has 1 aromatic carbocycles. The van der Waals surface area contributed by atoms with Crippen molar-refractivity contribution in [1.82, 2.24) is 0 Å². The number of thioether (sulfide) groups is 1. The van der Waals surface area contributed by atoms with E-state index in [0.29, 0.717) is 6.61 Å². The van der Waals surface area contributed by atoms with E-state index in [9.17, 15) is 4.79 Å². The Balaban J connectivity index is 2.25. The summed E-state index contributed by atoms with van der Waals surface area (Å²) in [6, 6.07) is 6.06. The number of benzene rings is 1. The van der Waals surface area contributed by atoms with Crippen molar-refractivity contribution in [1.29, 1.82) is 0 Å². The van der Waals surface area contributed by atoms with E-state index in [1.54, 1.807) is 18.7 Å². The van der Waals surface area contributed by atoms with Crippen molar-refractivity contribution in [2.75, 3.05) is 18.6 Å². The third kappa shape index (κ3) is 2.66. The fraction of sp³-hybridized carbons (Fsp3) is 0.250. The molecule has 1 aliphatic heterocycles. The summed E-state index contributed by atoms with van der Waals surface area (Å²) in [6.45, 7) is 2.20. The number of ether oxygens (including phenoxy) is 1. The maximum Gasteiger partial charge on any atom is 0.333 e. The predicted molar refractivity (Wildman–Crippen MR) is 73.1 cm³/mol. The average Bonchev–Trinajstić information content (AvgIpc) is 2.55. The molecule has 0 amide bonds. The van der Waals surface area contributed by atoms with Crippen LogP contribution < -0.4 is 4.90 Å². The van der Waals surface area contributed by atoms with Crippen molar-refractivity contribution in [3.63, 3.8) is 0 Å². The molecular weight excluding hydrogens is 302 g/mol. The van der Waals surface area contributed by atoms with Crippen LogP contribution in [0.5, 0.6) is 0 Å². The summed E-state index contributed by atoms with van der Waals surface area (Å²) in [5, 5.41) is 0.886. The van der Waals surface area contributed by atoms with Gasteiger partial charge >= 0.3 is 5.97 Å². The number of hydrogen-bond donors (Lipinski definition) is 0. The molecule has 5 heteroatoms. The van der Waals surface area contributed by atoms with Crippen molar-refractivity contribution in [3.05, 3.63) is 33.8 Å². The molecule has 3 nitrogen and oxygen atoms in total. The van der Waals surface area contributed by atoms with Gasteiger partial charge in [-0.25, -0.2) is 4.79 Å². The van der Waals surface area contributed by atoms with E-state index in [4.69, 9.17) is 4.74 Å². The average molecular weight is 314 g/mol. The van der Waals surface area contributed by atoms with Crippen LogP contribution in [-0.2, 0) is 9.53 Å². The lowest BCUT2D eigenvalue weighted by atomic mass is 10.3. The summed E-state index contributed by atoms with van der Waals surface area (Å²) < 4.78 is 5.95. The van der Waals surface area contributed by atoms with Gasteiger partial charge in [-0.05, 0) is 25.1 Å². The van der Waals surface area contributed by atoms with Gasteiger partial charge < -0.3 is 9.64 Å². The van der Waals surface area contributed by atoms with E-state index < -0.39 is 0 Å². The summed E-state index contributed by atoms with van der Waals surface area (Å²) in [4.78, 5) is 14.5. The Morgan fingerprint density at radius 1 is 1.59 bits per heavy atom. The highest BCUT2D eigenvalue weighted by Gasteiger charge is 2.22. The van der Waals surface area contributed by atoms with Crippen LogP contribution in [0.4, 0.5) is 5.69 Å². The highest BCUT2D eigenvalue weighted by Crippen LogP contribution is 2.45. The van der Waals surface area contributed by atoms with Crippen LogP contribution in [0, 0.1) is 0 Å². The van der Waals surface area contributed by atoms with Gasteiger partial charge in [0.25, 0.3) is 0 Å². The molecule has 1 aliphatic rings. The molecule has 0 aromatic heterocycles. The lowest BCUT2D eigenvalue weighted by Gasteiger charge is -2.12. The molecule has 0 unspecified atom stereocenters. The predicted octanol–water partition coefficient (Wildman–Crippen LogP) is 3.40. The van der Waals surface area contributed by atoms with E-state index in [1.807, 2.05) is 30.1 Å². The van der Waals surface area contributed by atoms with Crippen molar-refractivity contribution in [2.45, 2.75) is 11.8 Å². The maximum atomic E-state index is 11.4. The summed E-state index contributed by atoms with van der Waals surface area (Å²) in [5.74, 6) is -0.297. The van der Waals surface area contributed by atoms with Gasteiger partial charge in [-0.15, -0.1) is 0 Å². The van der Waals surface area contributed by atoms with Crippen LogP contribution in [0.15, 0.2) is 38.7 Å². The minimum atomic E-state index is -0.297. The van der Waals surface area contributed by atoms with Gasteiger partial charge in [0.05, 0.1) is 23.4 Å². The first-order valence-corrected chi connectivity index (χ1v) is 6.82. The Morgan fingerprint density at radius 2 is 2.35 bits per heavy atom. The lowest BCUT2D eigenvalue weighted by Crippen LogP contribution is -2.12. The normalized spacial score (nSPS) is 16.2. The number of carbonyl (C=O) groups is 1. The topological polar surface area (TPSA) is 29.5 Å². The zero-order valence-electron chi connectivity index (χ0n) is 9.57. The van der Waals surface area contributed by atoms with Gasteiger partial charge in [-0.1, -0.05) is 27.7 Å². The Bertz CT molecular complexity index is 487. The van der Waals surface area contributed by atoms with Crippen LogP contribution in [0.3, 0.4) is 0 Å². The van der Waals surface area contributed by atoms with Gasteiger partial charge in [-0.3, -0.25) is 0 Å². The number of fused-ring (bicyclic) bond motifs is 1. The van der Waals surface area contributed by atoms with Crippen molar-refractivity contribution in [2.24, 2.45) is 0 Å². The Kier molecular flexibility index (Phi) is 3.79. The molecule has 0 spiro atoms. The van der Waals surface area contributed by atoms with Crippen molar-refractivity contribution >= 4 is 39.3 Å². The monoisotopic (exact) mass is 313 g/mol. The third-order valence-corrected chi connectivity index (χ3v) is 4.00. The molecule has 1 aromatic rings. The fourth-order valence-corrected chi connectivity index (χ4v) is 3.18. The highest BCUT2D eigenvalue weighted by atomic mass is 79.9. The molecule has 0 fully saturated rings. The first-order chi connectivity index (χ1) is 8.11. The molecule has 0 saturated heterocycles. The van der Waals surface area contributed by atoms with Gasteiger partial charge in [0.1, 0.15) is 0 Å². The highest BCUT2D eigenvalue weighted by molar-refractivity contribution is 9.10. The second-order valence-electron chi connectivity index (χ2n) is 3.51. The minimum Gasteiger partial charge on any atom is -0.463 e. The van der Waals surface area contributed by atoms with E-state index in [0.717, 1.165) is 20.1 Å². The molecule has 2 rings (SSSR count). The molecule has 0 aliphatic carbocycles. The van der Waals surface area contributed by atoms with E-state index in [2.05, 4.69) is 15.9 Å². The quantitative estimate of drug-likeness (QED) is 0.618. The smallest absolute Gasteiger partial charge is 0.333 e. The van der Waals surface area contributed by atoms with E-state index in [1.165, 1.54) is 6.08 Å². The summed E-state index contributed by atoms with van der Waals surface area (Å²) >= 11 is 5.01. The van der Waals surface area contributed by atoms with Crippen LogP contribution in [-0.4, -0.2) is 19.6 Å². The number of anilines is 1. The van der Waals surface area contributed by atoms with Crippen LogP contribution >= 0.6 is 27.7 Å². The molecule has 0 N–H and O–H groups in total. The second kappa shape index (κ2) is 5.14. The summed E-state index contributed by atoms with van der Waals surface area (Å²) in [5.41, 5.74) is 1.11. The number of rotatable bonds is 2. The molecule has 0 atom stereocenters. The lowest BCUT2D eigenvalue weighted by molar-refractivity contribution is -0.137. The zero-order chi connectivity index (χ0) is 12.4. The van der Waals surface area contributed by atoms with Crippen LogP contribution in [0.25, 0.3) is 0 Å². The number of nitrogens with zero attached hydrogens (tertiary/aromatic N) is 1. The van der Waals surface area contributed by atoms with Crippen molar-refractivity contribution in [3.8, 4) is 0 Å². The Labute approximate surface area is 113 Å². The number of hydrogen-bond acceptors (Lipinski definition) is 4. The largest absolute Gasteiger partial charge is 0.463 e. The maximum absolute atomic E-state index is 11.4. The molecule has 0 bridgehead atoms. The zero-order valence-corrected chi connectivity index (χ0v) is 12.0. The van der Waals surface area contributed by atoms with Gasteiger partial charge in [0, 0.05) is 16.4 Å². The number of esters is 1. The third-order valence-electron chi connectivity index (χ3n) is 2.36. The van der Waals surface area contributed by atoms with E-state index >= 15 is 0 Å². The van der Waals surface area contributed by atoms with Gasteiger partial charge in [0.15, 0.2) is 0 Å². The summed E-state index contributed by atoms with van der Waals surface area (Å²) in [7, 11) is 1.94. The summed E-state index contributed by atoms with van der Waals surface area (Å²) in [6.07, 6.45) is 1.53. The van der Waals surface area contributed by atoms with Crippen LogP contribution in [0.2, 0.25) is 0 Å². The fourth-order valence-electron chi connectivity index (χ4n) is 1.56. The molecule has 0 radical (unpaired) electrons. The first kappa shape index (κ1) is 12.5. The standard InChI is InChI=1S/C12H12BrNO2S/c1-3-16-12(15)7-11-14(2)9-5-4-8(13)6-10(9)17-11/h4-7H,3H2,1-2H3. The molecular formula is C12H12BrNO2S. The second-order valence-corrected chi connectivity index (χ2v) is 5.49. The number of carbonyl (C=O) groups excluding carboxylic acids is 1. The molecule has 1 heterocycles. The minimum absolute atomic E-state index is 0.297. The van der Waals surface area contributed by atoms with Crippen LogP contribution in [0.1, 0.15) is 6.92 Å². The van der Waals surface area contributed by atoms with Crippen molar-refractivity contribution < 1.29 is 9.53 Å². The Morgan fingerprint density at radius 3 is 3.06 bits per heavy atom. The first-order valence-electron chi connectivity index (χ1n) is 5.21. The number of halogens is 1. The van der Waals surface area contributed by atoms with E-state index in [-0.39, 0.29) is 5.97 Å². The van der Waals surface area contributed by atoms with Gasteiger partial charge in [-0.2, -0.15) is 0 Å². The van der Waals surface area contributed by atoms with Gasteiger partial charge in [0.2, 0.25) is 0 Å². The Hall–Kier alpha value is -0.940. The molecule has 17 heavy (non-hydrogen) atoms.